The summed E-state index contributed by atoms with van der Waals surface area (Å²) in [5.74, 6) is 3.35. The molecule has 11 heteroatoms. The number of aliphatic hydroxyl groups excluding tert-OH is 1. The number of allylic oxidation sites excluding steroid dienone is 1. The van der Waals surface area contributed by atoms with Gasteiger partial charge >= 0.3 is 0 Å². The first-order chi connectivity index (χ1) is 31.3. The Morgan fingerprint density at radius 1 is 0.833 bits per heavy atom. The molecule has 0 bridgehead atoms. The molecule has 0 aromatic heterocycles. The Hall–Kier alpha value is -3.25. The molecular formula is C55H82N4O6S. The van der Waals surface area contributed by atoms with Gasteiger partial charge in [0.25, 0.3) is 5.91 Å². The molecule has 2 amide bonds. The van der Waals surface area contributed by atoms with Crippen LogP contribution in [0.2, 0.25) is 0 Å². The molecule has 5 saturated carbocycles. The minimum Gasteiger partial charge on any atom is -0.494 e. The van der Waals surface area contributed by atoms with Gasteiger partial charge in [0.05, 0.1) is 23.9 Å². The van der Waals surface area contributed by atoms with Crippen molar-refractivity contribution in [3.8, 4) is 5.75 Å². The van der Waals surface area contributed by atoms with Gasteiger partial charge < -0.3 is 25.4 Å². The van der Waals surface area contributed by atoms with Crippen molar-refractivity contribution in [2.75, 3.05) is 51.6 Å². The second-order valence-electron chi connectivity index (χ2n) is 23.1. The number of hydrogen-bond acceptors (Lipinski definition) is 7. The number of carbonyl (C=O) groups is 2. The molecule has 1 saturated heterocycles. The highest BCUT2D eigenvalue weighted by molar-refractivity contribution is 7.89. The molecule has 8 rings (SSSR count). The zero-order chi connectivity index (χ0) is 47.3. The Morgan fingerprint density at radius 3 is 2.29 bits per heavy atom. The van der Waals surface area contributed by atoms with Gasteiger partial charge in [-0.2, -0.15) is 4.31 Å². The summed E-state index contributed by atoms with van der Waals surface area (Å²) in [4.78, 5) is 30.4. The first-order valence-corrected chi connectivity index (χ1v) is 27.3. The van der Waals surface area contributed by atoms with Crippen molar-refractivity contribution in [3.63, 3.8) is 0 Å². The molecule has 66 heavy (non-hydrogen) atoms. The Bertz CT molecular complexity index is 2200. The van der Waals surface area contributed by atoms with Crippen LogP contribution in [0, 0.1) is 56.7 Å². The fourth-order valence-electron chi connectivity index (χ4n) is 15.8. The van der Waals surface area contributed by atoms with Gasteiger partial charge in [-0.1, -0.05) is 71.0 Å². The summed E-state index contributed by atoms with van der Waals surface area (Å²) in [6, 6.07) is 15.6. The number of sulfonamides is 1. The molecule has 1 aliphatic heterocycles. The third-order valence-corrected chi connectivity index (χ3v) is 21.6. The van der Waals surface area contributed by atoms with Crippen LogP contribution in [0.15, 0.2) is 60.7 Å². The lowest BCUT2D eigenvalue weighted by molar-refractivity contribution is -0.246. The van der Waals surface area contributed by atoms with Crippen molar-refractivity contribution in [3.05, 3.63) is 77.4 Å². The second-order valence-corrected chi connectivity index (χ2v) is 25.4. The van der Waals surface area contributed by atoms with Crippen molar-refractivity contribution in [2.45, 2.75) is 138 Å². The predicted molar refractivity (Wildman–Crippen MR) is 263 cm³/mol. The van der Waals surface area contributed by atoms with Gasteiger partial charge in [0.15, 0.2) is 0 Å². The van der Waals surface area contributed by atoms with Gasteiger partial charge in [0.2, 0.25) is 15.9 Å². The lowest BCUT2D eigenvalue weighted by Crippen LogP contribution is -2.67. The van der Waals surface area contributed by atoms with Gasteiger partial charge in [-0.15, -0.1) is 0 Å². The standard InChI is InChI=1S/C55H82N4O6S/c1-9-66(63,64)59-33-31-58(32-34-59)30-11-35-65-42-16-14-40(15-17-42)37-57-49(61)41-13-10-12-39(36-41)23-29-56-50(62)55-26-20-43(38(2)3)48(55)44-18-19-46-52(6)24-22-47(60)51(4,5)45(52)21-25-54(46,8)53(44,7)27-28-55/h10,12-17,36,43-48,60H,2,9,11,18-35,37H2,1,3-8H3,(H,56,62)(H,57,61)/t43-,44?,45?,46?,47-,48?,52-,53+,54+,55-/m0/s1. The van der Waals surface area contributed by atoms with Crippen LogP contribution in [0.1, 0.15) is 141 Å². The van der Waals surface area contributed by atoms with Crippen LogP contribution < -0.4 is 15.4 Å². The van der Waals surface area contributed by atoms with E-state index < -0.39 is 10.0 Å². The molecule has 364 valence electrons. The van der Waals surface area contributed by atoms with E-state index in [0.717, 1.165) is 81.5 Å². The molecule has 5 aliphatic carbocycles. The van der Waals surface area contributed by atoms with E-state index in [0.29, 0.717) is 74.4 Å². The van der Waals surface area contributed by atoms with Crippen LogP contribution in [-0.2, 0) is 27.8 Å². The van der Waals surface area contributed by atoms with Crippen molar-refractivity contribution >= 4 is 21.8 Å². The highest BCUT2D eigenvalue weighted by Crippen LogP contribution is 2.77. The monoisotopic (exact) mass is 927 g/mol. The molecule has 0 radical (unpaired) electrons. The maximum atomic E-state index is 14.8. The number of carbonyl (C=O) groups excluding carboxylic acids is 2. The van der Waals surface area contributed by atoms with Crippen molar-refractivity contribution < 1.29 is 27.9 Å². The summed E-state index contributed by atoms with van der Waals surface area (Å²) in [5.41, 5.74) is 4.00. The molecule has 10 nitrogen and oxygen atoms in total. The lowest BCUT2D eigenvalue weighted by Gasteiger charge is -2.72. The maximum Gasteiger partial charge on any atom is 0.251 e. The first kappa shape index (κ1) is 49.2. The lowest BCUT2D eigenvalue weighted by atomic mass is 9.32. The fourth-order valence-corrected chi connectivity index (χ4v) is 16.9. The van der Waals surface area contributed by atoms with Crippen LogP contribution >= 0.6 is 0 Å². The molecule has 2 aromatic carbocycles. The second kappa shape index (κ2) is 18.9. The largest absolute Gasteiger partial charge is 0.494 e. The number of nitrogens with zero attached hydrogens (tertiary/aromatic N) is 2. The molecule has 3 N–H and O–H groups in total. The number of hydrogen-bond donors (Lipinski definition) is 3. The quantitative estimate of drug-likeness (QED) is 0.120. The van der Waals surface area contributed by atoms with Crippen LogP contribution in [0.25, 0.3) is 0 Å². The Morgan fingerprint density at radius 2 is 1.58 bits per heavy atom. The molecule has 1 heterocycles. The zero-order valence-corrected chi connectivity index (χ0v) is 42.2. The summed E-state index contributed by atoms with van der Waals surface area (Å²) in [7, 11) is -3.12. The number of benzene rings is 2. The molecule has 0 spiro atoms. The summed E-state index contributed by atoms with van der Waals surface area (Å²) < 4.78 is 31.9. The highest BCUT2D eigenvalue weighted by atomic mass is 32.2. The molecule has 4 unspecified atom stereocenters. The summed E-state index contributed by atoms with van der Waals surface area (Å²) >= 11 is 0. The first-order valence-electron chi connectivity index (χ1n) is 25.7. The van der Waals surface area contributed by atoms with Crippen molar-refractivity contribution in [1.29, 1.82) is 0 Å². The minimum absolute atomic E-state index is 0.0616. The molecule has 10 atom stereocenters. The highest BCUT2D eigenvalue weighted by Gasteiger charge is 2.71. The van der Waals surface area contributed by atoms with E-state index in [1.54, 1.807) is 11.2 Å². The third kappa shape index (κ3) is 8.83. The number of fused-ring (bicyclic) bond motifs is 7. The Balaban J connectivity index is 0.826. The van der Waals surface area contributed by atoms with E-state index in [-0.39, 0.29) is 50.7 Å². The fraction of sp³-hybridized carbons (Fsp3) is 0.709. The summed E-state index contributed by atoms with van der Waals surface area (Å²) in [6.07, 6.45) is 12.1. The number of rotatable bonds is 15. The molecule has 6 fully saturated rings. The summed E-state index contributed by atoms with van der Waals surface area (Å²) in [6.45, 7) is 25.9. The maximum absolute atomic E-state index is 14.8. The van der Waals surface area contributed by atoms with Crippen molar-refractivity contribution in [1.82, 2.24) is 19.8 Å². The molecule has 6 aliphatic rings. The zero-order valence-electron chi connectivity index (χ0n) is 41.4. The Kier molecular flexibility index (Phi) is 14.1. The van der Waals surface area contributed by atoms with Gasteiger partial charge in [-0.25, -0.2) is 8.42 Å². The van der Waals surface area contributed by atoms with E-state index in [1.807, 2.05) is 48.5 Å². The molecule has 2 aromatic rings. The SMILES string of the molecule is C=C(C)[C@@H]1CC[C@]2(C(=O)NCCc3cccc(C(=O)NCc4ccc(OCCCN5CCN(S(=O)(=O)CC)CC5)cc4)c3)CC[C@]3(C)C(CCC4[C@@]5(C)CC[C@H](O)C(C)(C)C5CC[C@]43C)C12. The van der Waals surface area contributed by atoms with Crippen LogP contribution in [0.5, 0.6) is 5.75 Å². The van der Waals surface area contributed by atoms with Crippen molar-refractivity contribution in [2.24, 2.45) is 56.7 Å². The summed E-state index contributed by atoms with van der Waals surface area (Å²) in [5, 5.41) is 17.7. The smallest absolute Gasteiger partial charge is 0.251 e. The van der Waals surface area contributed by atoms with Gasteiger partial charge in [-0.3, -0.25) is 9.59 Å². The minimum atomic E-state index is -3.12. The van der Waals surface area contributed by atoms with E-state index >= 15 is 0 Å². The number of piperazine rings is 1. The van der Waals surface area contributed by atoms with E-state index in [9.17, 15) is 23.1 Å². The number of amides is 2. The van der Waals surface area contributed by atoms with E-state index in [4.69, 9.17) is 4.74 Å². The average molecular weight is 927 g/mol. The predicted octanol–water partition coefficient (Wildman–Crippen LogP) is 9.03. The Labute approximate surface area is 397 Å². The normalized spacial score (nSPS) is 35.4. The van der Waals surface area contributed by atoms with Crippen LogP contribution in [0.4, 0.5) is 0 Å². The van der Waals surface area contributed by atoms with Crippen LogP contribution in [-0.4, -0.2) is 92.3 Å². The number of nitrogens with one attached hydrogen (secondary N) is 2. The number of ether oxygens (including phenoxy) is 1. The van der Waals surface area contributed by atoms with Crippen LogP contribution in [0.3, 0.4) is 0 Å². The topological polar surface area (TPSA) is 128 Å². The molecular weight excluding hydrogens is 845 g/mol. The van der Waals surface area contributed by atoms with Gasteiger partial charge in [0.1, 0.15) is 5.75 Å². The van der Waals surface area contributed by atoms with E-state index in [1.165, 1.54) is 31.3 Å². The van der Waals surface area contributed by atoms with E-state index in [2.05, 4.69) is 63.7 Å². The van der Waals surface area contributed by atoms with Gasteiger partial charge in [0, 0.05) is 51.4 Å². The average Bonchev–Trinajstić information content (AvgIpc) is 3.71. The number of aliphatic hydroxyl groups is 1. The third-order valence-electron chi connectivity index (χ3n) is 19.7. The van der Waals surface area contributed by atoms with Gasteiger partial charge in [-0.05, 0) is 178 Å².